The van der Waals surface area contributed by atoms with Gasteiger partial charge in [-0.15, -0.1) is 0 Å². The highest BCUT2D eigenvalue weighted by Crippen LogP contribution is 2.25. The lowest BCUT2D eigenvalue weighted by atomic mass is 10.1. The van der Waals surface area contributed by atoms with Gasteiger partial charge >= 0.3 is 0 Å². The summed E-state index contributed by atoms with van der Waals surface area (Å²) >= 11 is 0. The minimum absolute atomic E-state index is 0.151. The minimum Gasteiger partial charge on any atom is -0.462 e. The first kappa shape index (κ1) is 12.0. The Morgan fingerprint density at radius 2 is 1.89 bits per heavy atom. The number of hydrogen-bond acceptors (Lipinski definition) is 2. The molecule has 0 amide bonds. The monoisotopic (exact) mass is 242 g/mol. The molecule has 0 aliphatic heterocycles. The van der Waals surface area contributed by atoms with E-state index in [1.165, 1.54) is 6.07 Å². The van der Waals surface area contributed by atoms with Crippen molar-refractivity contribution in [1.82, 2.24) is 0 Å². The van der Waals surface area contributed by atoms with E-state index in [4.69, 9.17) is 9.84 Å². The van der Waals surface area contributed by atoms with Gasteiger partial charge in [0, 0.05) is 6.42 Å². The van der Waals surface area contributed by atoms with E-state index in [2.05, 4.69) is 5.92 Å². The third-order valence-corrected chi connectivity index (χ3v) is 2.34. The van der Waals surface area contributed by atoms with Gasteiger partial charge in [0.05, 0.1) is 0 Å². The first-order valence-corrected chi connectivity index (χ1v) is 5.43. The molecule has 90 valence electrons. The first-order chi connectivity index (χ1) is 8.79. The lowest BCUT2D eigenvalue weighted by Gasteiger charge is -2.07. The molecule has 1 N–H and O–H groups in total. The van der Waals surface area contributed by atoms with Crippen LogP contribution in [-0.4, -0.2) is 5.11 Å². The van der Waals surface area contributed by atoms with E-state index in [-0.39, 0.29) is 5.75 Å². The van der Waals surface area contributed by atoms with Crippen LogP contribution < -0.4 is 4.74 Å². The van der Waals surface area contributed by atoms with Gasteiger partial charge < -0.3 is 9.84 Å². The average Bonchev–Trinajstić information content (AvgIpc) is 2.41. The van der Waals surface area contributed by atoms with Crippen LogP contribution in [0.3, 0.4) is 0 Å². The number of aliphatic hydroxyl groups is 1. The number of aliphatic hydroxyl groups excluding tert-OH is 1. The van der Waals surface area contributed by atoms with E-state index in [0.717, 1.165) is 5.56 Å². The predicted octanol–water partition coefficient (Wildman–Crippen LogP) is 3.49. The Balaban J connectivity index is 2.23. The van der Waals surface area contributed by atoms with E-state index < -0.39 is 5.82 Å². The summed E-state index contributed by atoms with van der Waals surface area (Å²) in [5, 5.41) is 8.42. The van der Waals surface area contributed by atoms with Crippen molar-refractivity contribution in [2.24, 2.45) is 0 Å². The molecule has 0 heterocycles. The van der Waals surface area contributed by atoms with Gasteiger partial charge in [0.15, 0.2) is 11.6 Å². The maximum Gasteiger partial charge on any atom is 0.165 e. The minimum atomic E-state index is -0.431. The van der Waals surface area contributed by atoms with Crippen molar-refractivity contribution in [3.8, 4) is 23.5 Å². The SMILES string of the molecule is OC#CCc1ccc(F)c(Oc2ccccc2)c1. The van der Waals surface area contributed by atoms with E-state index >= 15 is 0 Å². The van der Waals surface area contributed by atoms with Crippen molar-refractivity contribution in [3.05, 3.63) is 59.9 Å². The summed E-state index contributed by atoms with van der Waals surface area (Å²) < 4.78 is 19.0. The zero-order chi connectivity index (χ0) is 12.8. The van der Waals surface area contributed by atoms with Crippen LogP contribution in [0.25, 0.3) is 0 Å². The Kier molecular flexibility index (Phi) is 3.83. The molecule has 0 spiro atoms. The van der Waals surface area contributed by atoms with Crippen molar-refractivity contribution in [3.63, 3.8) is 0 Å². The third kappa shape index (κ3) is 3.02. The molecule has 2 nitrogen and oxygen atoms in total. The van der Waals surface area contributed by atoms with Crippen LogP contribution >= 0.6 is 0 Å². The van der Waals surface area contributed by atoms with Gasteiger partial charge in [-0.05, 0) is 29.8 Å². The quantitative estimate of drug-likeness (QED) is 0.835. The van der Waals surface area contributed by atoms with Crippen molar-refractivity contribution in [2.45, 2.75) is 6.42 Å². The topological polar surface area (TPSA) is 29.5 Å². The first-order valence-electron chi connectivity index (χ1n) is 5.43. The van der Waals surface area contributed by atoms with Gasteiger partial charge in [0.25, 0.3) is 0 Å². The Labute approximate surface area is 105 Å². The fourth-order valence-electron chi connectivity index (χ4n) is 1.49. The second-order valence-electron chi connectivity index (χ2n) is 3.65. The molecular weight excluding hydrogens is 231 g/mol. The largest absolute Gasteiger partial charge is 0.462 e. The second kappa shape index (κ2) is 5.74. The highest BCUT2D eigenvalue weighted by molar-refractivity contribution is 5.36. The molecule has 0 aromatic heterocycles. The number of ether oxygens (including phenoxy) is 1. The molecule has 0 atom stereocenters. The predicted molar refractivity (Wildman–Crippen MR) is 66.3 cm³/mol. The molecule has 2 rings (SSSR count). The fraction of sp³-hybridized carbons (Fsp3) is 0.0667. The van der Waals surface area contributed by atoms with Crippen LogP contribution in [0.2, 0.25) is 0 Å². The Morgan fingerprint density at radius 3 is 2.61 bits per heavy atom. The molecule has 2 aromatic rings. The maximum atomic E-state index is 13.6. The van der Waals surface area contributed by atoms with Gasteiger partial charge in [0.2, 0.25) is 0 Å². The number of para-hydroxylation sites is 1. The normalized spacial score (nSPS) is 9.39. The Hall–Kier alpha value is -2.47. The lowest BCUT2D eigenvalue weighted by Crippen LogP contribution is -1.91. The molecule has 0 radical (unpaired) electrons. The van der Waals surface area contributed by atoms with Gasteiger partial charge in [-0.2, -0.15) is 0 Å². The molecule has 0 aliphatic carbocycles. The maximum absolute atomic E-state index is 13.6. The Morgan fingerprint density at radius 1 is 1.11 bits per heavy atom. The summed E-state index contributed by atoms with van der Waals surface area (Å²) in [6.45, 7) is 0. The molecule has 0 bridgehead atoms. The van der Waals surface area contributed by atoms with Crippen LogP contribution in [0, 0.1) is 17.8 Å². The summed E-state index contributed by atoms with van der Waals surface area (Å²) in [6.07, 6.45) is 2.16. The molecule has 0 saturated carbocycles. The standard InChI is InChI=1S/C15H11FO2/c16-14-9-8-12(5-4-10-17)11-15(14)18-13-6-2-1-3-7-13/h1-3,6-9,11,17H,5H2. The summed E-state index contributed by atoms with van der Waals surface area (Å²) in [6, 6.07) is 13.5. The summed E-state index contributed by atoms with van der Waals surface area (Å²) in [7, 11) is 0. The van der Waals surface area contributed by atoms with Crippen molar-refractivity contribution in [2.75, 3.05) is 0 Å². The van der Waals surface area contributed by atoms with Crippen molar-refractivity contribution < 1.29 is 14.2 Å². The molecule has 3 heteroatoms. The molecular formula is C15H11FO2. The molecule has 0 unspecified atom stereocenters. The fourth-order valence-corrected chi connectivity index (χ4v) is 1.49. The second-order valence-corrected chi connectivity index (χ2v) is 3.65. The number of halogens is 1. The van der Waals surface area contributed by atoms with Gasteiger partial charge in [-0.3, -0.25) is 0 Å². The molecule has 2 aromatic carbocycles. The molecule has 0 saturated heterocycles. The van der Waals surface area contributed by atoms with Gasteiger partial charge in [0.1, 0.15) is 11.9 Å². The summed E-state index contributed by atoms with van der Waals surface area (Å²) in [4.78, 5) is 0. The number of benzene rings is 2. The van der Waals surface area contributed by atoms with Crippen LogP contribution in [0.4, 0.5) is 4.39 Å². The third-order valence-electron chi connectivity index (χ3n) is 2.34. The van der Waals surface area contributed by atoms with Crippen LogP contribution in [0.1, 0.15) is 5.56 Å². The smallest absolute Gasteiger partial charge is 0.165 e. The van der Waals surface area contributed by atoms with Crippen LogP contribution in [-0.2, 0) is 6.42 Å². The molecule has 18 heavy (non-hydrogen) atoms. The van der Waals surface area contributed by atoms with E-state index in [1.807, 2.05) is 24.3 Å². The highest BCUT2D eigenvalue weighted by Gasteiger charge is 2.05. The number of hydrogen-bond donors (Lipinski definition) is 1. The lowest BCUT2D eigenvalue weighted by molar-refractivity contribution is 0.441. The van der Waals surface area contributed by atoms with Crippen molar-refractivity contribution in [1.29, 1.82) is 0 Å². The molecule has 0 fully saturated rings. The van der Waals surface area contributed by atoms with Crippen LogP contribution in [0.15, 0.2) is 48.5 Å². The zero-order valence-corrected chi connectivity index (χ0v) is 9.56. The summed E-state index contributed by atoms with van der Waals surface area (Å²) in [5.74, 6) is 2.79. The van der Waals surface area contributed by atoms with E-state index in [1.54, 1.807) is 24.3 Å². The highest BCUT2D eigenvalue weighted by atomic mass is 19.1. The van der Waals surface area contributed by atoms with Gasteiger partial charge in [-0.1, -0.05) is 30.2 Å². The zero-order valence-electron chi connectivity index (χ0n) is 9.56. The molecule has 0 aliphatic rings. The van der Waals surface area contributed by atoms with E-state index in [0.29, 0.717) is 12.2 Å². The van der Waals surface area contributed by atoms with E-state index in [9.17, 15) is 4.39 Å². The summed E-state index contributed by atoms with van der Waals surface area (Å²) in [5.41, 5.74) is 0.781. The average molecular weight is 242 g/mol. The van der Waals surface area contributed by atoms with Gasteiger partial charge in [-0.25, -0.2) is 4.39 Å². The number of rotatable bonds is 3. The Bertz CT molecular complexity index is 582. The van der Waals surface area contributed by atoms with Crippen molar-refractivity contribution >= 4 is 0 Å². The van der Waals surface area contributed by atoms with Crippen LogP contribution in [0.5, 0.6) is 11.5 Å².